The van der Waals surface area contributed by atoms with E-state index >= 15 is 0 Å². The van der Waals surface area contributed by atoms with Crippen LogP contribution in [0.3, 0.4) is 0 Å². The maximum atomic E-state index is 12.0. The lowest BCUT2D eigenvalue weighted by atomic mass is 9.97. The van der Waals surface area contributed by atoms with Crippen LogP contribution in [0.4, 0.5) is 0 Å². The topological polar surface area (TPSA) is 29.1 Å². The first kappa shape index (κ1) is 12.9. The number of hydrogen-bond acceptors (Lipinski definition) is 2. The van der Waals surface area contributed by atoms with Crippen LogP contribution in [-0.4, -0.2) is 18.9 Å². The number of nitrogens with one attached hydrogen (secondary N) is 1. The molecule has 0 aliphatic heterocycles. The monoisotopic (exact) mass is 219 g/mol. The molecule has 1 aromatic carbocycles. The Hall–Kier alpha value is -1.15. The highest BCUT2D eigenvalue weighted by atomic mass is 16.1. The zero-order valence-corrected chi connectivity index (χ0v) is 10.7. The van der Waals surface area contributed by atoms with E-state index in [-0.39, 0.29) is 5.78 Å². The molecule has 1 rings (SSSR count). The lowest BCUT2D eigenvalue weighted by molar-refractivity contribution is 0.0982. The SMILES string of the molecule is CCNCCC(=O)c1cc(C)c(C)cc1C. The molecule has 0 bridgehead atoms. The normalized spacial score (nSPS) is 10.5. The standard InChI is InChI=1S/C14H21NO/c1-5-15-7-6-14(16)13-9-11(3)10(2)8-12(13)4/h8-9,15H,5-7H2,1-4H3. The number of benzene rings is 1. The fourth-order valence-electron chi connectivity index (χ4n) is 1.77. The van der Waals surface area contributed by atoms with Crippen LogP contribution < -0.4 is 5.32 Å². The van der Waals surface area contributed by atoms with Crippen LogP contribution >= 0.6 is 0 Å². The summed E-state index contributed by atoms with van der Waals surface area (Å²) in [6, 6.07) is 4.11. The summed E-state index contributed by atoms with van der Waals surface area (Å²) >= 11 is 0. The van der Waals surface area contributed by atoms with Gasteiger partial charge in [0.25, 0.3) is 0 Å². The zero-order valence-electron chi connectivity index (χ0n) is 10.7. The Kier molecular flexibility index (Phi) is 4.69. The molecule has 0 saturated carbocycles. The molecule has 0 unspecified atom stereocenters. The van der Waals surface area contributed by atoms with Gasteiger partial charge >= 0.3 is 0 Å². The van der Waals surface area contributed by atoms with Gasteiger partial charge < -0.3 is 5.32 Å². The molecular weight excluding hydrogens is 198 g/mol. The molecule has 2 heteroatoms. The number of carbonyl (C=O) groups is 1. The van der Waals surface area contributed by atoms with Crippen molar-refractivity contribution in [1.29, 1.82) is 0 Å². The number of rotatable bonds is 5. The first-order valence-corrected chi connectivity index (χ1v) is 5.88. The van der Waals surface area contributed by atoms with Gasteiger partial charge in [-0.3, -0.25) is 4.79 Å². The van der Waals surface area contributed by atoms with Gasteiger partial charge in [-0.1, -0.05) is 13.0 Å². The van der Waals surface area contributed by atoms with Crippen molar-refractivity contribution in [3.8, 4) is 0 Å². The summed E-state index contributed by atoms with van der Waals surface area (Å²) in [5.74, 6) is 0.238. The third kappa shape index (κ3) is 3.17. The third-order valence-electron chi connectivity index (χ3n) is 2.92. The van der Waals surface area contributed by atoms with E-state index in [4.69, 9.17) is 0 Å². The Balaban J connectivity index is 2.79. The molecule has 1 N–H and O–H groups in total. The molecule has 2 nitrogen and oxygen atoms in total. The van der Waals surface area contributed by atoms with Gasteiger partial charge in [0.05, 0.1) is 0 Å². The van der Waals surface area contributed by atoms with E-state index in [0.29, 0.717) is 6.42 Å². The summed E-state index contributed by atoms with van der Waals surface area (Å²) in [7, 11) is 0. The van der Waals surface area contributed by atoms with Crippen molar-refractivity contribution in [1.82, 2.24) is 5.32 Å². The van der Waals surface area contributed by atoms with E-state index in [1.165, 1.54) is 11.1 Å². The summed E-state index contributed by atoms with van der Waals surface area (Å²) < 4.78 is 0. The highest BCUT2D eigenvalue weighted by Gasteiger charge is 2.09. The van der Waals surface area contributed by atoms with Gasteiger partial charge in [0.1, 0.15) is 0 Å². The summed E-state index contributed by atoms with van der Waals surface area (Å²) in [5, 5.41) is 3.17. The molecule has 88 valence electrons. The van der Waals surface area contributed by atoms with Crippen LogP contribution in [0.5, 0.6) is 0 Å². The van der Waals surface area contributed by atoms with Crippen molar-refractivity contribution in [2.45, 2.75) is 34.1 Å². The number of hydrogen-bond donors (Lipinski definition) is 1. The smallest absolute Gasteiger partial charge is 0.164 e. The lowest BCUT2D eigenvalue weighted by Gasteiger charge is -2.09. The highest BCUT2D eigenvalue weighted by molar-refractivity contribution is 5.97. The Morgan fingerprint density at radius 3 is 2.38 bits per heavy atom. The molecule has 0 aliphatic rings. The number of carbonyl (C=O) groups excluding carboxylic acids is 1. The minimum absolute atomic E-state index is 0.238. The van der Waals surface area contributed by atoms with E-state index in [1.54, 1.807) is 0 Å². The van der Waals surface area contributed by atoms with Crippen LogP contribution in [0, 0.1) is 20.8 Å². The van der Waals surface area contributed by atoms with Crippen LogP contribution in [0.1, 0.15) is 40.4 Å². The number of Topliss-reactive ketones (excluding diaryl/α,β-unsaturated/α-hetero) is 1. The van der Waals surface area contributed by atoms with Gasteiger partial charge in [0.15, 0.2) is 5.78 Å². The van der Waals surface area contributed by atoms with E-state index < -0.39 is 0 Å². The second kappa shape index (κ2) is 5.80. The molecule has 1 aromatic rings. The Bertz CT molecular complexity index is 383. The van der Waals surface area contributed by atoms with Gasteiger partial charge in [-0.2, -0.15) is 0 Å². The zero-order chi connectivity index (χ0) is 12.1. The molecule has 0 aliphatic carbocycles. The molecule has 0 aromatic heterocycles. The third-order valence-corrected chi connectivity index (χ3v) is 2.92. The highest BCUT2D eigenvalue weighted by Crippen LogP contribution is 2.16. The number of aryl methyl sites for hydroxylation is 3. The molecule has 0 atom stereocenters. The van der Waals surface area contributed by atoms with Crippen molar-refractivity contribution in [3.63, 3.8) is 0 Å². The summed E-state index contributed by atoms with van der Waals surface area (Å²) in [5.41, 5.74) is 4.41. The van der Waals surface area contributed by atoms with Gasteiger partial charge in [-0.05, 0) is 50.1 Å². The van der Waals surface area contributed by atoms with Crippen LogP contribution in [0.15, 0.2) is 12.1 Å². The Morgan fingerprint density at radius 2 is 1.75 bits per heavy atom. The van der Waals surface area contributed by atoms with Crippen LogP contribution in [0.2, 0.25) is 0 Å². The van der Waals surface area contributed by atoms with Crippen LogP contribution in [-0.2, 0) is 0 Å². The predicted octanol–water partition coefficient (Wildman–Crippen LogP) is 2.79. The summed E-state index contributed by atoms with van der Waals surface area (Å²) in [6.45, 7) is 9.87. The fourth-order valence-corrected chi connectivity index (χ4v) is 1.77. The van der Waals surface area contributed by atoms with Crippen LogP contribution in [0.25, 0.3) is 0 Å². The van der Waals surface area contributed by atoms with Crippen molar-refractivity contribution in [2.24, 2.45) is 0 Å². The van der Waals surface area contributed by atoms with E-state index in [9.17, 15) is 4.79 Å². The maximum absolute atomic E-state index is 12.0. The van der Waals surface area contributed by atoms with Gasteiger partial charge in [0.2, 0.25) is 0 Å². The van der Waals surface area contributed by atoms with Gasteiger partial charge in [-0.25, -0.2) is 0 Å². The largest absolute Gasteiger partial charge is 0.317 e. The first-order chi connectivity index (χ1) is 7.56. The molecule has 16 heavy (non-hydrogen) atoms. The average Bonchev–Trinajstić information content (AvgIpc) is 2.23. The van der Waals surface area contributed by atoms with Crippen molar-refractivity contribution in [3.05, 3.63) is 34.4 Å². The number of ketones is 1. The van der Waals surface area contributed by atoms with Gasteiger partial charge in [-0.15, -0.1) is 0 Å². The molecular formula is C14H21NO. The minimum Gasteiger partial charge on any atom is -0.317 e. The van der Waals surface area contributed by atoms with E-state index in [1.807, 2.05) is 19.9 Å². The Morgan fingerprint density at radius 1 is 1.12 bits per heavy atom. The minimum atomic E-state index is 0.238. The van der Waals surface area contributed by atoms with Crippen molar-refractivity contribution in [2.75, 3.05) is 13.1 Å². The van der Waals surface area contributed by atoms with Gasteiger partial charge in [0, 0.05) is 18.5 Å². The van der Waals surface area contributed by atoms with Crippen molar-refractivity contribution < 1.29 is 4.79 Å². The second-order valence-corrected chi connectivity index (χ2v) is 4.28. The molecule has 0 heterocycles. The van der Waals surface area contributed by atoms with E-state index in [0.717, 1.165) is 24.2 Å². The Labute approximate surface area is 98.1 Å². The predicted molar refractivity (Wildman–Crippen MR) is 68.1 cm³/mol. The lowest BCUT2D eigenvalue weighted by Crippen LogP contribution is -2.18. The molecule has 0 saturated heterocycles. The summed E-state index contributed by atoms with van der Waals surface area (Å²) in [4.78, 5) is 12.0. The quantitative estimate of drug-likeness (QED) is 0.609. The fraction of sp³-hybridized carbons (Fsp3) is 0.500. The molecule has 0 amide bonds. The molecule has 0 radical (unpaired) electrons. The van der Waals surface area contributed by atoms with E-state index in [2.05, 4.69) is 25.2 Å². The second-order valence-electron chi connectivity index (χ2n) is 4.28. The maximum Gasteiger partial charge on any atom is 0.164 e. The first-order valence-electron chi connectivity index (χ1n) is 5.88. The van der Waals surface area contributed by atoms with Crippen molar-refractivity contribution >= 4 is 5.78 Å². The summed E-state index contributed by atoms with van der Waals surface area (Å²) in [6.07, 6.45) is 0.581. The molecule has 0 spiro atoms. The average molecular weight is 219 g/mol. The molecule has 0 fully saturated rings.